The zero-order chi connectivity index (χ0) is 30.5. The number of hydrogen-bond acceptors (Lipinski definition) is 13. The topological polar surface area (TPSA) is 133 Å². The van der Waals surface area contributed by atoms with Gasteiger partial charge in [-0.05, 0) is 38.9 Å². The Morgan fingerprint density at radius 2 is 0.930 bits per heavy atom. The van der Waals surface area contributed by atoms with Crippen molar-refractivity contribution < 1.29 is 47.6 Å². The molecule has 0 aromatic heterocycles. The number of ether oxygens (including phenoxy) is 6. The molecule has 0 N–H and O–H groups in total. The molecule has 0 spiro atoms. The van der Waals surface area contributed by atoms with Gasteiger partial charge in [-0.15, -0.1) is 0 Å². The van der Waals surface area contributed by atoms with Crippen molar-refractivity contribution in [2.45, 2.75) is 25.7 Å². The van der Waals surface area contributed by atoms with Crippen LogP contribution >= 0.6 is 0 Å². The van der Waals surface area contributed by atoms with Crippen molar-refractivity contribution in [2.75, 3.05) is 112 Å². The second-order valence-electron chi connectivity index (χ2n) is 10.7. The molecule has 3 fully saturated rings. The number of carbonyl (C=O) groups is 4. The molecule has 0 unspecified atom stereocenters. The Kier molecular flexibility index (Phi) is 16.9. The minimum atomic E-state index is -0.681. The van der Waals surface area contributed by atoms with Crippen molar-refractivity contribution >= 4 is 23.9 Å². The standard InChI is InChI=1S/C30H47N3O10/c34-27(40-22-16-32-12-18-38-19-13-32)4-6-29(36)42-24-26(8-11-31-9-2-1-3-10-31)25-43-30(37)7-5-28(35)41-23-17-33-14-20-39-21-15-33/h4-7,26H,1-3,8-25H2/b6-4+,7-5+. The molecule has 0 bridgehead atoms. The first-order chi connectivity index (χ1) is 21.0. The largest absolute Gasteiger partial charge is 0.462 e. The van der Waals surface area contributed by atoms with Gasteiger partial charge in [-0.3, -0.25) is 9.80 Å². The van der Waals surface area contributed by atoms with E-state index in [1.165, 1.54) is 6.42 Å². The van der Waals surface area contributed by atoms with Crippen LogP contribution in [0.2, 0.25) is 0 Å². The van der Waals surface area contributed by atoms with Gasteiger partial charge < -0.3 is 33.3 Å². The normalized spacial score (nSPS) is 19.1. The first-order valence-electron chi connectivity index (χ1n) is 15.3. The lowest BCUT2D eigenvalue weighted by Crippen LogP contribution is -2.38. The summed E-state index contributed by atoms with van der Waals surface area (Å²) in [6, 6.07) is 0. The van der Waals surface area contributed by atoms with Crippen LogP contribution in [0.3, 0.4) is 0 Å². The Labute approximate surface area is 254 Å². The maximum absolute atomic E-state index is 12.3. The first kappa shape index (κ1) is 34.6. The molecule has 3 heterocycles. The van der Waals surface area contributed by atoms with E-state index in [1.807, 2.05) is 0 Å². The summed E-state index contributed by atoms with van der Waals surface area (Å²) < 4.78 is 31.6. The highest BCUT2D eigenvalue weighted by Crippen LogP contribution is 2.13. The first-order valence-corrected chi connectivity index (χ1v) is 15.3. The van der Waals surface area contributed by atoms with Gasteiger partial charge in [0.05, 0.1) is 39.6 Å². The second kappa shape index (κ2) is 21.0. The lowest BCUT2D eigenvalue weighted by Gasteiger charge is -2.28. The van der Waals surface area contributed by atoms with Crippen molar-refractivity contribution in [1.82, 2.24) is 14.7 Å². The summed E-state index contributed by atoms with van der Waals surface area (Å²) in [6.07, 6.45) is 8.35. The molecule has 0 radical (unpaired) electrons. The molecule has 0 amide bonds. The van der Waals surface area contributed by atoms with Gasteiger partial charge >= 0.3 is 23.9 Å². The van der Waals surface area contributed by atoms with E-state index in [1.54, 1.807) is 0 Å². The fourth-order valence-electron chi connectivity index (χ4n) is 4.83. The summed E-state index contributed by atoms with van der Waals surface area (Å²) in [5.74, 6) is -2.85. The predicted molar refractivity (Wildman–Crippen MR) is 155 cm³/mol. The molecule has 0 aromatic carbocycles. The van der Waals surface area contributed by atoms with Crippen LogP contribution < -0.4 is 0 Å². The average Bonchev–Trinajstić information content (AvgIpc) is 3.04. The van der Waals surface area contributed by atoms with Crippen LogP contribution in [0.4, 0.5) is 0 Å². The molecule has 13 nitrogen and oxygen atoms in total. The van der Waals surface area contributed by atoms with E-state index in [-0.39, 0.29) is 32.3 Å². The highest BCUT2D eigenvalue weighted by Gasteiger charge is 2.18. The van der Waals surface area contributed by atoms with Crippen LogP contribution in [0.25, 0.3) is 0 Å². The average molecular weight is 610 g/mol. The minimum absolute atomic E-state index is 0.0175. The third kappa shape index (κ3) is 16.0. The molecule has 242 valence electrons. The second-order valence-corrected chi connectivity index (χ2v) is 10.7. The molecule has 3 saturated heterocycles. The Hall–Kier alpha value is -2.84. The Bertz CT molecular complexity index is 848. The smallest absolute Gasteiger partial charge is 0.331 e. The van der Waals surface area contributed by atoms with Gasteiger partial charge in [0.15, 0.2) is 0 Å². The molecular formula is C30H47N3O10. The molecule has 3 rings (SSSR count). The van der Waals surface area contributed by atoms with Crippen molar-refractivity contribution in [2.24, 2.45) is 5.92 Å². The van der Waals surface area contributed by atoms with E-state index in [0.717, 1.165) is 83.0 Å². The van der Waals surface area contributed by atoms with Crippen molar-refractivity contribution in [3.8, 4) is 0 Å². The van der Waals surface area contributed by atoms with Gasteiger partial charge in [0.2, 0.25) is 0 Å². The zero-order valence-corrected chi connectivity index (χ0v) is 25.2. The van der Waals surface area contributed by atoms with Crippen LogP contribution in [0.15, 0.2) is 24.3 Å². The Morgan fingerprint density at radius 3 is 1.37 bits per heavy atom. The summed E-state index contributed by atoms with van der Waals surface area (Å²) in [6.45, 7) is 10.4. The number of morpholine rings is 2. The van der Waals surface area contributed by atoms with E-state index in [2.05, 4.69) is 14.7 Å². The van der Waals surface area contributed by atoms with Crippen molar-refractivity contribution in [1.29, 1.82) is 0 Å². The molecular weight excluding hydrogens is 562 g/mol. The highest BCUT2D eigenvalue weighted by molar-refractivity contribution is 5.92. The lowest BCUT2D eigenvalue weighted by molar-refractivity contribution is -0.145. The van der Waals surface area contributed by atoms with E-state index in [4.69, 9.17) is 28.4 Å². The molecule has 0 aromatic rings. The quantitative estimate of drug-likeness (QED) is 0.128. The molecule has 0 aliphatic carbocycles. The van der Waals surface area contributed by atoms with E-state index >= 15 is 0 Å². The molecule has 0 saturated carbocycles. The Morgan fingerprint density at radius 1 is 0.535 bits per heavy atom. The predicted octanol–water partition coefficient (Wildman–Crippen LogP) is 0.428. The number of esters is 4. The maximum atomic E-state index is 12.3. The molecule has 3 aliphatic rings. The third-order valence-electron chi connectivity index (χ3n) is 7.45. The number of nitrogens with zero attached hydrogens (tertiary/aromatic N) is 3. The van der Waals surface area contributed by atoms with Crippen LogP contribution in [0.5, 0.6) is 0 Å². The van der Waals surface area contributed by atoms with Crippen molar-refractivity contribution in [3.05, 3.63) is 24.3 Å². The van der Waals surface area contributed by atoms with Crippen LogP contribution in [0, 0.1) is 5.92 Å². The molecule has 3 aliphatic heterocycles. The van der Waals surface area contributed by atoms with Gasteiger partial charge in [-0.1, -0.05) is 6.42 Å². The maximum Gasteiger partial charge on any atom is 0.331 e. The molecule has 43 heavy (non-hydrogen) atoms. The van der Waals surface area contributed by atoms with Gasteiger partial charge in [0.1, 0.15) is 13.2 Å². The summed E-state index contributed by atoms with van der Waals surface area (Å²) in [5.41, 5.74) is 0. The number of likely N-dealkylation sites (tertiary alicyclic amines) is 1. The van der Waals surface area contributed by atoms with Gasteiger partial charge in [-0.25, -0.2) is 19.2 Å². The Balaban J connectivity index is 1.35. The summed E-state index contributed by atoms with van der Waals surface area (Å²) in [4.78, 5) is 55.0. The minimum Gasteiger partial charge on any atom is -0.462 e. The van der Waals surface area contributed by atoms with Crippen LogP contribution in [-0.4, -0.2) is 150 Å². The lowest BCUT2D eigenvalue weighted by atomic mass is 10.1. The molecule has 0 atom stereocenters. The van der Waals surface area contributed by atoms with E-state index < -0.39 is 23.9 Å². The van der Waals surface area contributed by atoms with Gasteiger partial charge in [-0.2, -0.15) is 0 Å². The van der Waals surface area contributed by atoms with E-state index in [0.29, 0.717) is 45.9 Å². The van der Waals surface area contributed by atoms with Gasteiger partial charge in [0, 0.05) is 69.5 Å². The summed E-state index contributed by atoms with van der Waals surface area (Å²) in [5, 5.41) is 0. The number of hydrogen-bond donors (Lipinski definition) is 0. The number of carbonyl (C=O) groups excluding carboxylic acids is 4. The fraction of sp³-hybridized carbons (Fsp3) is 0.733. The fourth-order valence-corrected chi connectivity index (χ4v) is 4.83. The molecule has 13 heteroatoms. The summed E-state index contributed by atoms with van der Waals surface area (Å²) >= 11 is 0. The number of rotatable bonds is 17. The van der Waals surface area contributed by atoms with E-state index in [9.17, 15) is 19.2 Å². The zero-order valence-electron chi connectivity index (χ0n) is 25.2. The van der Waals surface area contributed by atoms with Gasteiger partial charge in [0.25, 0.3) is 0 Å². The number of piperidine rings is 1. The monoisotopic (exact) mass is 609 g/mol. The summed E-state index contributed by atoms with van der Waals surface area (Å²) in [7, 11) is 0. The van der Waals surface area contributed by atoms with Crippen molar-refractivity contribution in [3.63, 3.8) is 0 Å². The third-order valence-corrected chi connectivity index (χ3v) is 7.45. The SMILES string of the molecule is O=C(/C=C/C(=O)OCC(CCN1CCCCC1)COC(=O)/C=C/C(=O)OCCN1CCOCC1)OCCN1CCOCC1. The van der Waals surface area contributed by atoms with Crippen LogP contribution in [0.1, 0.15) is 25.7 Å². The highest BCUT2D eigenvalue weighted by atomic mass is 16.6. The van der Waals surface area contributed by atoms with Crippen LogP contribution in [-0.2, 0) is 47.6 Å².